The number of aromatic nitrogens is 8. The molecule has 41 heavy (non-hydrogen) atoms. The molecule has 2 aliphatic heterocycles. The lowest BCUT2D eigenvalue weighted by atomic mass is 10.1. The maximum atomic E-state index is 15.1. The number of alkyl halides is 1. The number of nitrogen functional groups attached to an aromatic ring is 2. The number of anilines is 2. The van der Waals surface area contributed by atoms with Crippen molar-refractivity contribution in [3.63, 3.8) is 0 Å². The predicted molar refractivity (Wildman–Crippen MR) is 140 cm³/mol. The minimum absolute atomic E-state index is 0.0261. The van der Waals surface area contributed by atoms with Crippen molar-refractivity contribution in [2.24, 2.45) is 0 Å². The molecule has 1 unspecified atom stereocenters. The molecule has 6 rings (SSSR count). The quantitative estimate of drug-likeness (QED) is 0.107. The van der Waals surface area contributed by atoms with Crippen LogP contribution < -0.4 is 17.0 Å². The average Bonchev–Trinajstić information content (AvgIpc) is 3.69. The van der Waals surface area contributed by atoms with Crippen LogP contribution in [-0.4, -0.2) is 93.1 Å². The summed E-state index contributed by atoms with van der Waals surface area (Å²) in [5.74, 6) is -0.0797. The Balaban J connectivity index is 1.16. The average molecular weight is 615 g/mol. The number of aliphatic hydroxyl groups excluding tert-OH is 2. The minimum Gasteiger partial charge on any atom is -0.394 e. The van der Waals surface area contributed by atoms with E-state index in [0.717, 1.165) is 0 Å². The third-order valence-electron chi connectivity index (χ3n) is 6.70. The van der Waals surface area contributed by atoms with E-state index in [1.54, 1.807) is 0 Å². The number of hydrogen-bond acceptors (Lipinski definition) is 15. The largest absolute Gasteiger partial charge is 0.394 e. The number of hydrogen-bond donors (Lipinski definition) is 6. The van der Waals surface area contributed by atoms with Gasteiger partial charge in [-0.05, 0) is 0 Å². The zero-order chi connectivity index (χ0) is 29.1. The fourth-order valence-electron chi connectivity index (χ4n) is 4.79. The first-order chi connectivity index (χ1) is 19.6. The molecule has 0 aromatic carbocycles. The molecule has 4 aromatic rings. The number of aromatic amines is 1. The van der Waals surface area contributed by atoms with Crippen LogP contribution in [0.3, 0.4) is 0 Å². The summed E-state index contributed by atoms with van der Waals surface area (Å²) >= 11 is 4.03. The highest BCUT2D eigenvalue weighted by atomic mass is 32.7. The van der Waals surface area contributed by atoms with Gasteiger partial charge >= 0.3 is 6.80 Å². The van der Waals surface area contributed by atoms with Gasteiger partial charge in [-0.3, -0.25) is 28.0 Å². The standard InChI is InChI=1S/C20H24FN10O8PS/c21-10-13(33)9(38-19(10)30-5-26-11-14(22)24-4-25-15(11)30)3-36-40(35,41)39-8-1-7(2-32)37-18(8)31-6-27-12-16(31)28-20(23)29-17(12)34/h4-10,13,18-19,32-33H,1-3H2,(H,35,41)(H2,22,24,25)(H3,23,28,29,34)/t7-,8-,9+,10-,13+,18+,19+,40?/m0/s1. The summed E-state index contributed by atoms with van der Waals surface area (Å²) < 4.78 is 53.4. The number of nitrogens with two attached hydrogens (primary N) is 2. The van der Waals surface area contributed by atoms with Crippen LogP contribution >= 0.6 is 19.0 Å². The van der Waals surface area contributed by atoms with Gasteiger partial charge in [0.15, 0.2) is 41.3 Å². The normalized spacial score (nSPS) is 29.9. The second-order valence-electron chi connectivity index (χ2n) is 9.33. The molecule has 21 heteroatoms. The molecule has 0 aliphatic carbocycles. The number of thiol groups is 1. The Morgan fingerprint density at radius 3 is 2.63 bits per heavy atom. The second-order valence-corrected chi connectivity index (χ2v) is 12.2. The number of imidazole rings is 2. The van der Waals surface area contributed by atoms with E-state index in [4.69, 9.17) is 30.0 Å². The van der Waals surface area contributed by atoms with E-state index in [0.29, 0.717) is 0 Å². The molecule has 4 aromatic heterocycles. The fraction of sp³-hybridized carbons (Fsp3) is 0.500. The highest BCUT2D eigenvalue weighted by Crippen LogP contribution is 2.57. The fourth-order valence-corrected chi connectivity index (χ4v) is 6.29. The lowest BCUT2D eigenvalue weighted by molar-refractivity contribution is -0.0529. The molecule has 0 bridgehead atoms. The van der Waals surface area contributed by atoms with Gasteiger partial charge in [-0.15, -0.1) is 0 Å². The number of nitrogens with zero attached hydrogens (tertiary/aromatic N) is 7. The van der Waals surface area contributed by atoms with Crippen LogP contribution in [0.5, 0.6) is 0 Å². The van der Waals surface area contributed by atoms with E-state index >= 15 is 4.39 Å². The number of halogens is 1. The van der Waals surface area contributed by atoms with E-state index in [2.05, 4.69) is 42.2 Å². The van der Waals surface area contributed by atoms with Crippen molar-refractivity contribution in [2.45, 2.75) is 49.5 Å². The van der Waals surface area contributed by atoms with E-state index in [-0.39, 0.29) is 40.5 Å². The molecule has 7 N–H and O–H groups in total. The molecular weight excluding hydrogens is 590 g/mol. The number of fused-ring (bicyclic) bond motifs is 2. The van der Waals surface area contributed by atoms with Gasteiger partial charge < -0.3 is 31.2 Å². The van der Waals surface area contributed by atoms with E-state index in [1.807, 2.05) is 0 Å². The van der Waals surface area contributed by atoms with E-state index in [1.165, 1.54) is 28.1 Å². The molecule has 2 aliphatic rings. The summed E-state index contributed by atoms with van der Waals surface area (Å²) in [7, 11) is 0. The molecule has 6 heterocycles. The lowest BCUT2D eigenvalue weighted by Gasteiger charge is -2.24. The summed E-state index contributed by atoms with van der Waals surface area (Å²) in [6.07, 6.45) is -5.24. The van der Waals surface area contributed by atoms with Gasteiger partial charge in [-0.1, -0.05) is 12.2 Å². The van der Waals surface area contributed by atoms with E-state index in [9.17, 15) is 19.6 Å². The highest BCUT2D eigenvalue weighted by molar-refractivity contribution is 8.44. The topological polar surface area (TPSA) is 254 Å². The van der Waals surface area contributed by atoms with Gasteiger partial charge in [-0.25, -0.2) is 28.9 Å². The predicted octanol–water partition coefficient (Wildman–Crippen LogP) is -0.560. The van der Waals surface area contributed by atoms with Crippen molar-refractivity contribution in [3.8, 4) is 0 Å². The van der Waals surface area contributed by atoms with Gasteiger partial charge in [-0.2, -0.15) is 4.98 Å². The van der Waals surface area contributed by atoms with Crippen LogP contribution in [0.25, 0.3) is 22.3 Å². The summed E-state index contributed by atoms with van der Waals surface area (Å²) in [5, 5.41) is 20.2. The summed E-state index contributed by atoms with van der Waals surface area (Å²) in [4.78, 5) is 34.6. The van der Waals surface area contributed by atoms with Gasteiger partial charge in [0.2, 0.25) is 5.95 Å². The maximum Gasteiger partial charge on any atom is 0.386 e. The van der Waals surface area contributed by atoms with Gasteiger partial charge in [0.05, 0.1) is 32.0 Å². The third kappa shape index (κ3) is 5.06. The van der Waals surface area contributed by atoms with Crippen molar-refractivity contribution in [1.82, 2.24) is 39.0 Å². The van der Waals surface area contributed by atoms with Gasteiger partial charge in [0.1, 0.15) is 30.2 Å². The zero-order valence-electron chi connectivity index (χ0n) is 20.8. The van der Waals surface area contributed by atoms with Crippen molar-refractivity contribution in [3.05, 3.63) is 29.3 Å². The Bertz CT molecular complexity index is 1700. The minimum atomic E-state index is -4.21. The first-order valence-corrected chi connectivity index (χ1v) is 14.8. The number of ether oxygens (including phenoxy) is 2. The first kappa shape index (κ1) is 27.9. The molecule has 0 spiro atoms. The van der Waals surface area contributed by atoms with Crippen LogP contribution in [0.1, 0.15) is 18.9 Å². The Hall–Kier alpha value is -3.23. The Morgan fingerprint density at radius 2 is 1.88 bits per heavy atom. The Kier molecular flexibility index (Phi) is 7.19. The summed E-state index contributed by atoms with van der Waals surface area (Å²) in [6, 6.07) is 0. The van der Waals surface area contributed by atoms with Gasteiger partial charge in [0.25, 0.3) is 5.56 Å². The smallest absolute Gasteiger partial charge is 0.386 e. The third-order valence-corrected chi connectivity index (χ3v) is 8.34. The van der Waals surface area contributed by atoms with Crippen LogP contribution in [0.2, 0.25) is 0 Å². The molecule has 220 valence electrons. The Labute approximate surface area is 233 Å². The first-order valence-electron chi connectivity index (χ1n) is 12.1. The lowest BCUT2D eigenvalue weighted by Crippen LogP contribution is -2.31. The molecular formula is C20H24FN10O8PS. The summed E-state index contributed by atoms with van der Waals surface area (Å²) in [5.41, 5.74) is 11.3. The molecule has 2 fully saturated rings. The van der Waals surface area contributed by atoms with Crippen LogP contribution in [-0.2, 0) is 23.1 Å². The zero-order valence-corrected chi connectivity index (χ0v) is 22.6. The molecule has 2 saturated heterocycles. The number of nitrogens with one attached hydrogen (secondary N) is 1. The SMILES string of the molecule is Nc1nc2c(ncn2[C@@H]2O[C@H](CO)C[C@@H]2OP(=O)(S)OC[C@H]2O[C@@H](n3cnc4c(N)ncnc43)[C@@H](F)[C@@H]2O)c(=O)[nH]1. The van der Waals surface area contributed by atoms with Gasteiger partial charge in [0, 0.05) is 6.42 Å². The van der Waals surface area contributed by atoms with Crippen molar-refractivity contribution in [1.29, 1.82) is 0 Å². The van der Waals surface area contributed by atoms with Crippen LogP contribution in [0.4, 0.5) is 16.2 Å². The van der Waals surface area contributed by atoms with Crippen molar-refractivity contribution < 1.29 is 37.7 Å². The highest BCUT2D eigenvalue weighted by Gasteiger charge is 2.47. The molecule has 0 amide bonds. The Morgan fingerprint density at radius 1 is 1.15 bits per heavy atom. The number of H-pyrrole nitrogens is 1. The molecule has 0 radical (unpaired) electrons. The summed E-state index contributed by atoms with van der Waals surface area (Å²) in [6.45, 7) is -5.16. The van der Waals surface area contributed by atoms with Crippen molar-refractivity contribution in [2.75, 3.05) is 24.7 Å². The molecule has 0 saturated carbocycles. The molecule has 8 atom stereocenters. The maximum absolute atomic E-state index is 15.1. The number of aliphatic hydroxyl groups is 2. The van der Waals surface area contributed by atoms with E-state index < -0.39 is 68.6 Å². The van der Waals surface area contributed by atoms with Crippen LogP contribution in [0.15, 0.2) is 23.8 Å². The van der Waals surface area contributed by atoms with Crippen molar-refractivity contribution >= 4 is 53.1 Å². The van der Waals surface area contributed by atoms with Crippen LogP contribution in [0, 0.1) is 0 Å². The second kappa shape index (κ2) is 10.6. The monoisotopic (exact) mass is 614 g/mol. The molecule has 18 nitrogen and oxygen atoms in total. The number of rotatable bonds is 8.